The quantitative estimate of drug-likeness (QED) is 0.180. The molecule has 2 aliphatic rings. The number of amides is 1. The monoisotopic (exact) mass is 654 g/mol. The van der Waals surface area contributed by atoms with Crippen molar-refractivity contribution in [1.82, 2.24) is 8.96 Å². The predicted octanol–water partition coefficient (Wildman–Crippen LogP) is 6.25. The largest absolute Gasteiger partial charge is 0.573 e. The lowest BCUT2D eigenvalue weighted by molar-refractivity contribution is -0.274. The van der Waals surface area contributed by atoms with Crippen molar-refractivity contribution in [2.45, 2.75) is 26.1 Å². The van der Waals surface area contributed by atoms with Crippen LogP contribution < -0.4 is 13.9 Å². The highest BCUT2D eigenvalue weighted by molar-refractivity contribution is 8.15. The van der Waals surface area contributed by atoms with E-state index in [2.05, 4.69) is 33.8 Å². The predicted molar refractivity (Wildman–Crippen MR) is 168 cm³/mol. The first kappa shape index (κ1) is 30.4. The number of halogens is 3. The fraction of sp³-hybridized carbons (Fsp3) is 0.200. The summed E-state index contributed by atoms with van der Waals surface area (Å²) in [7, 11) is -2.76. The Morgan fingerprint density at radius 3 is 2.49 bits per heavy atom. The molecule has 10 nitrogen and oxygen atoms in total. The maximum Gasteiger partial charge on any atom is 0.573 e. The topological polar surface area (TPSA) is 109 Å². The first-order chi connectivity index (χ1) is 21.3. The second-order valence-corrected chi connectivity index (χ2v) is 13.2. The van der Waals surface area contributed by atoms with Crippen molar-refractivity contribution in [3.63, 3.8) is 0 Å². The maximum atomic E-state index is 13.6. The van der Waals surface area contributed by atoms with Crippen molar-refractivity contribution < 1.29 is 31.1 Å². The van der Waals surface area contributed by atoms with E-state index in [4.69, 9.17) is 0 Å². The van der Waals surface area contributed by atoms with Gasteiger partial charge in [0.05, 0.1) is 35.2 Å². The van der Waals surface area contributed by atoms with Crippen LogP contribution in [0.5, 0.6) is 5.75 Å². The molecule has 1 amide bonds. The molecule has 0 spiro atoms. The summed E-state index contributed by atoms with van der Waals surface area (Å²) in [5, 5.41) is 8.97. The molecule has 45 heavy (non-hydrogen) atoms. The molecule has 15 heteroatoms. The molecule has 0 atom stereocenters. The van der Waals surface area contributed by atoms with E-state index in [0.29, 0.717) is 27.5 Å². The molecule has 0 N–H and O–H groups in total. The van der Waals surface area contributed by atoms with Gasteiger partial charge >= 0.3 is 16.6 Å². The number of rotatable bonds is 6. The Morgan fingerprint density at radius 2 is 1.78 bits per heavy atom. The zero-order valence-corrected chi connectivity index (χ0v) is 25.7. The number of fused-ring (bicyclic) bond motifs is 3. The summed E-state index contributed by atoms with van der Waals surface area (Å²) >= 11 is 1.28. The third-order valence-electron chi connectivity index (χ3n) is 7.20. The number of hydrogen-bond acceptors (Lipinski definition) is 8. The normalized spacial score (nSPS) is 17.0. The summed E-state index contributed by atoms with van der Waals surface area (Å²) in [6.45, 7) is 4.10. The SMILES string of the molecule is CC(C)c1ccccc1N1C(=O)CS/C1=N\N=C/c1ccc2c(c1)N(C)S(=O)(=O)n1c(-c3ccc(OC(F)(F)F)cc3)cnc1-2. The summed E-state index contributed by atoms with van der Waals surface area (Å²) in [5.74, 6) is 0.0576. The van der Waals surface area contributed by atoms with E-state index in [1.165, 1.54) is 43.4 Å². The van der Waals surface area contributed by atoms with Crippen molar-refractivity contribution in [2.75, 3.05) is 22.0 Å². The number of carbonyl (C=O) groups excluding carboxylic acids is 1. The summed E-state index contributed by atoms with van der Waals surface area (Å²) < 4.78 is 71.0. The molecule has 232 valence electrons. The molecule has 1 saturated heterocycles. The maximum absolute atomic E-state index is 13.6. The van der Waals surface area contributed by atoms with Gasteiger partial charge in [-0.25, -0.2) is 8.96 Å². The Kier molecular flexibility index (Phi) is 7.69. The van der Waals surface area contributed by atoms with Crippen molar-refractivity contribution in [1.29, 1.82) is 0 Å². The van der Waals surface area contributed by atoms with Crippen LogP contribution in [0.25, 0.3) is 22.6 Å². The van der Waals surface area contributed by atoms with Gasteiger partial charge in [-0.1, -0.05) is 49.9 Å². The number of amidine groups is 1. The highest BCUT2D eigenvalue weighted by Gasteiger charge is 2.36. The summed E-state index contributed by atoms with van der Waals surface area (Å²) in [5.41, 5.74) is 3.71. The first-order valence-electron chi connectivity index (χ1n) is 13.6. The minimum Gasteiger partial charge on any atom is -0.406 e. The van der Waals surface area contributed by atoms with Crippen molar-refractivity contribution >= 4 is 50.6 Å². The second kappa shape index (κ2) is 11.4. The number of imidazole rings is 1. The van der Waals surface area contributed by atoms with Gasteiger partial charge < -0.3 is 4.74 Å². The average molecular weight is 655 g/mol. The molecular formula is C30H25F3N6O4S2. The Morgan fingerprint density at radius 1 is 1.04 bits per heavy atom. The fourth-order valence-electron chi connectivity index (χ4n) is 5.10. The summed E-state index contributed by atoms with van der Waals surface area (Å²) in [4.78, 5) is 18.7. The van der Waals surface area contributed by atoms with Crippen LogP contribution in [-0.4, -0.2) is 53.8 Å². The van der Waals surface area contributed by atoms with Gasteiger partial charge in [-0.3, -0.25) is 14.0 Å². The third-order valence-corrected chi connectivity index (χ3v) is 9.83. The lowest BCUT2D eigenvalue weighted by atomic mass is 10.0. The molecule has 4 aromatic rings. The van der Waals surface area contributed by atoms with Crippen LogP contribution in [-0.2, 0) is 15.0 Å². The number of ether oxygens (including phenoxy) is 1. The minimum absolute atomic E-state index is 0.0943. The molecule has 1 aromatic heterocycles. The van der Waals surface area contributed by atoms with Crippen molar-refractivity contribution in [3.8, 4) is 28.4 Å². The lowest BCUT2D eigenvalue weighted by Gasteiger charge is -2.29. The molecule has 2 aliphatic heterocycles. The molecule has 6 rings (SSSR count). The van der Waals surface area contributed by atoms with E-state index in [1.54, 1.807) is 23.1 Å². The number of aromatic nitrogens is 2. The second-order valence-electron chi connectivity index (χ2n) is 10.4. The number of thioether (sulfide) groups is 1. The van der Waals surface area contributed by atoms with Crippen LogP contribution in [0.1, 0.15) is 30.9 Å². The van der Waals surface area contributed by atoms with Gasteiger partial charge in [-0.2, -0.15) is 13.5 Å². The van der Waals surface area contributed by atoms with Crippen LogP contribution >= 0.6 is 11.8 Å². The number of carbonyl (C=O) groups is 1. The summed E-state index contributed by atoms with van der Waals surface area (Å²) in [6.07, 6.45) is -2.02. The standard InChI is InChI=1S/C30H25F3N6O4S2/c1-18(2)22-6-4-5-7-24(22)38-27(40)17-44-29(38)36-35-15-19-8-13-23-25(14-19)37(3)45(41,42)39-26(16-34-28(23)39)20-9-11-21(12-10-20)43-30(31,32)33/h4-16,18H,17H2,1-3H3/b35-15-,36-29-. The van der Waals surface area contributed by atoms with Crippen LogP contribution in [0, 0.1) is 0 Å². The Bertz CT molecular complexity index is 1970. The van der Waals surface area contributed by atoms with E-state index < -0.39 is 22.3 Å². The van der Waals surface area contributed by atoms with E-state index in [1.807, 2.05) is 24.3 Å². The molecule has 0 unspecified atom stereocenters. The van der Waals surface area contributed by atoms with Gasteiger partial charge in [0.2, 0.25) is 5.91 Å². The van der Waals surface area contributed by atoms with Gasteiger partial charge in [-0.15, -0.1) is 18.3 Å². The third kappa shape index (κ3) is 5.68. The van der Waals surface area contributed by atoms with Gasteiger partial charge in [0.15, 0.2) is 11.0 Å². The number of para-hydroxylation sites is 1. The zero-order chi connectivity index (χ0) is 32.1. The Hall–Kier alpha value is -4.63. The van der Waals surface area contributed by atoms with E-state index >= 15 is 0 Å². The molecule has 3 aromatic carbocycles. The molecule has 3 heterocycles. The van der Waals surface area contributed by atoms with Gasteiger partial charge in [0.1, 0.15) is 5.75 Å². The van der Waals surface area contributed by atoms with Crippen LogP contribution in [0.15, 0.2) is 83.1 Å². The molecule has 0 aliphatic carbocycles. The number of hydrogen-bond donors (Lipinski definition) is 0. The molecule has 0 saturated carbocycles. The lowest BCUT2D eigenvalue weighted by Crippen LogP contribution is -2.36. The zero-order valence-electron chi connectivity index (χ0n) is 24.1. The van der Waals surface area contributed by atoms with Gasteiger partial charge in [0.25, 0.3) is 0 Å². The number of alkyl halides is 3. The van der Waals surface area contributed by atoms with E-state index in [9.17, 15) is 26.4 Å². The fourth-order valence-corrected chi connectivity index (χ4v) is 7.32. The number of anilines is 2. The van der Waals surface area contributed by atoms with E-state index in [0.717, 1.165) is 31.7 Å². The Balaban J connectivity index is 1.30. The van der Waals surface area contributed by atoms with Crippen LogP contribution in [0.4, 0.5) is 24.5 Å². The molecule has 1 fully saturated rings. The molecule has 0 radical (unpaired) electrons. The minimum atomic E-state index is -4.85. The molecular weight excluding hydrogens is 629 g/mol. The van der Waals surface area contributed by atoms with Crippen LogP contribution in [0.2, 0.25) is 0 Å². The smallest absolute Gasteiger partial charge is 0.406 e. The van der Waals surface area contributed by atoms with Crippen molar-refractivity contribution in [3.05, 3.63) is 84.1 Å². The van der Waals surface area contributed by atoms with Gasteiger partial charge in [0, 0.05) is 18.2 Å². The highest BCUT2D eigenvalue weighted by atomic mass is 32.2. The highest BCUT2D eigenvalue weighted by Crippen LogP contribution is 2.41. The number of benzene rings is 3. The number of nitrogens with zero attached hydrogens (tertiary/aromatic N) is 6. The van der Waals surface area contributed by atoms with Crippen LogP contribution in [0.3, 0.4) is 0 Å². The molecule has 0 bridgehead atoms. The van der Waals surface area contributed by atoms with Gasteiger partial charge in [-0.05, 0) is 59.5 Å². The Labute approximate surface area is 261 Å². The first-order valence-corrected chi connectivity index (χ1v) is 16.0. The summed E-state index contributed by atoms with van der Waals surface area (Å²) in [6, 6.07) is 17.6. The van der Waals surface area contributed by atoms with Crippen molar-refractivity contribution in [2.24, 2.45) is 10.2 Å². The van der Waals surface area contributed by atoms with E-state index in [-0.39, 0.29) is 29.1 Å². The average Bonchev–Trinajstić information content (AvgIpc) is 3.60.